The average Bonchev–Trinajstić information content (AvgIpc) is 3.13. The van der Waals surface area contributed by atoms with Crippen LogP contribution < -0.4 is 10.6 Å². The van der Waals surface area contributed by atoms with E-state index in [1.807, 2.05) is 24.4 Å². The monoisotopic (exact) mass is 347 g/mol. The molecular formula is C21H25N5. The molecule has 1 aromatic heterocycles. The summed E-state index contributed by atoms with van der Waals surface area (Å²) in [6.45, 7) is 5.56. The number of aromatic amines is 1. The zero-order chi connectivity index (χ0) is 18.4. The Balaban J connectivity index is 1.55. The topological polar surface area (TPSA) is 65.1 Å². The van der Waals surface area contributed by atoms with Crippen LogP contribution in [0.3, 0.4) is 0 Å². The van der Waals surface area contributed by atoms with Gasteiger partial charge in [-0.05, 0) is 30.5 Å². The third kappa shape index (κ3) is 4.51. The predicted octanol–water partition coefficient (Wildman–Crippen LogP) is 3.56. The Kier molecular flexibility index (Phi) is 5.69. The lowest BCUT2D eigenvalue weighted by Gasteiger charge is -2.13. The minimum Gasteiger partial charge on any atom is -0.352 e. The van der Waals surface area contributed by atoms with Crippen LogP contribution in [-0.4, -0.2) is 23.0 Å². The van der Waals surface area contributed by atoms with Crippen molar-refractivity contribution in [3.63, 3.8) is 0 Å². The standard InChI is InChI=1S/C21H25N5/c1-15-9-10-18(16(2)11-15)12-24-21(22-3)25-14-20-23-13-19(26-20)17-7-5-4-6-8-17/h4-11,13H,12,14H2,1-3H3,(H,23,26)(H2,22,24,25). The number of aromatic nitrogens is 2. The van der Waals surface area contributed by atoms with Gasteiger partial charge in [0.15, 0.2) is 5.96 Å². The highest BCUT2D eigenvalue weighted by Crippen LogP contribution is 2.15. The summed E-state index contributed by atoms with van der Waals surface area (Å²) in [6, 6.07) is 16.7. The minimum atomic E-state index is 0.583. The molecule has 0 fully saturated rings. The number of nitrogens with one attached hydrogen (secondary N) is 3. The highest BCUT2D eigenvalue weighted by atomic mass is 15.2. The summed E-state index contributed by atoms with van der Waals surface area (Å²) >= 11 is 0. The lowest BCUT2D eigenvalue weighted by atomic mass is 10.1. The third-order valence-corrected chi connectivity index (χ3v) is 4.30. The van der Waals surface area contributed by atoms with Crippen LogP contribution in [0, 0.1) is 13.8 Å². The highest BCUT2D eigenvalue weighted by molar-refractivity contribution is 5.79. The van der Waals surface area contributed by atoms with Crippen LogP contribution in [0.25, 0.3) is 11.3 Å². The SMILES string of the molecule is CN=C(NCc1ncc(-c2ccccc2)[nH]1)NCc1ccc(C)cc1C. The van der Waals surface area contributed by atoms with Crippen molar-refractivity contribution in [3.05, 3.63) is 77.2 Å². The largest absolute Gasteiger partial charge is 0.352 e. The van der Waals surface area contributed by atoms with Crippen molar-refractivity contribution < 1.29 is 0 Å². The third-order valence-electron chi connectivity index (χ3n) is 4.30. The van der Waals surface area contributed by atoms with Crippen LogP contribution >= 0.6 is 0 Å². The second-order valence-electron chi connectivity index (χ2n) is 6.32. The van der Waals surface area contributed by atoms with E-state index in [1.165, 1.54) is 16.7 Å². The molecule has 3 N–H and O–H groups in total. The molecule has 1 heterocycles. The highest BCUT2D eigenvalue weighted by Gasteiger charge is 2.05. The number of H-pyrrole nitrogens is 1. The summed E-state index contributed by atoms with van der Waals surface area (Å²) in [5, 5.41) is 6.65. The lowest BCUT2D eigenvalue weighted by molar-refractivity contribution is 0.780. The molecule has 0 aliphatic carbocycles. The Hall–Kier alpha value is -3.08. The van der Waals surface area contributed by atoms with E-state index in [1.54, 1.807) is 7.05 Å². The summed E-state index contributed by atoms with van der Waals surface area (Å²) in [4.78, 5) is 12.1. The Morgan fingerprint density at radius 2 is 1.81 bits per heavy atom. The van der Waals surface area contributed by atoms with E-state index in [-0.39, 0.29) is 0 Å². The first kappa shape index (κ1) is 17.7. The fourth-order valence-electron chi connectivity index (χ4n) is 2.83. The van der Waals surface area contributed by atoms with Crippen LogP contribution in [0.5, 0.6) is 0 Å². The van der Waals surface area contributed by atoms with E-state index in [4.69, 9.17) is 0 Å². The second-order valence-corrected chi connectivity index (χ2v) is 6.32. The second kappa shape index (κ2) is 8.34. The molecule has 0 unspecified atom stereocenters. The molecule has 0 radical (unpaired) electrons. The van der Waals surface area contributed by atoms with E-state index in [0.29, 0.717) is 6.54 Å². The first-order chi connectivity index (χ1) is 12.7. The van der Waals surface area contributed by atoms with Crippen molar-refractivity contribution in [2.75, 3.05) is 7.05 Å². The molecule has 0 amide bonds. The maximum Gasteiger partial charge on any atom is 0.191 e. The van der Waals surface area contributed by atoms with Crippen LogP contribution in [0.4, 0.5) is 0 Å². The average molecular weight is 347 g/mol. The molecule has 0 bridgehead atoms. The van der Waals surface area contributed by atoms with Crippen molar-refractivity contribution in [2.45, 2.75) is 26.9 Å². The molecule has 2 aromatic carbocycles. The zero-order valence-corrected chi connectivity index (χ0v) is 15.5. The van der Waals surface area contributed by atoms with Gasteiger partial charge in [0.05, 0.1) is 18.4 Å². The van der Waals surface area contributed by atoms with Gasteiger partial charge < -0.3 is 15.6 Å². The molecule has 0 aliphatic heterocycles. The van der Waals surface area contributed by atoms with E-state index in [9.17, 15) is 0 Å². The summed E-state index contributed by atoms with van der Waals surface area (Å²) in [5.74, 6) is 1.63. The predicted molar refractivity (Wildman–Crippen MR) is 107 cm³/mol. The number of hydrogen-bond donors (Lipinski definition) is 3. The molecule has 3 rings (SSSR count). The van der Waals surface area contributed by atoms with E-state index in [2.05, 4.69) is 69.8 Å². The first-order valence-corrected chi connectivity index (χ1v) is 8.75. The normalized spacial score (nSPS) is 11.4. The number of rotatable bonds is 5. The van der Waals surface area contributed by atoms with Gasteiger partial charge in [0, 0.05) is 13.6 Å². The van der Waals surface area contributed by atoms with Gasteiger partial charge in [-0.25, -0.2) is 4.98 Å². The van der Waals surface area contributed by atoms with Crippen molar-refractivity contribution in [1.29, 1.82) is 0 Å². The van der Waals surface area contributed by atoms with Crippen molar-refractivity contribution in [3.8, 4) is 11.3 Å². The van der Waals surface area contributed by atoms with Crippen LogP contribution in [0.2, 0.25) is 0 Å². The molecule has 0 spiro atoms. The van der Waals surface area contributed by atoms with E-state index < -0.39 is 0 Å². The Morgan fingerprint density at radius 3 is 2.54 bits per heavy atom. The molecule has 26 heavy (non-hydrogen) atoms. The summed E-state index contributed by atoms with van der Waals surface area (Å²) < 4.78 is 0. The van der Waals surface area contributed by atoms with Crippen LogP contribution in [0.1, 0.15) is 22.5 Å². The molecular weight excluding hydrogens is 322 g/mol. The summed E-state index contributed by atoms with van der Waals surface area (Å²) in [5.41, 5.74) is 5.97. The van der Waals surface area contributed by atoms with E-state index in [0.717, 1.165) is 29.6 Å². The number of imidazole rings is 1. The van der Waals surface area contributed by atoms with Crippen molar-refractivity contribution in [1.82, 2.24) is 20.6 Å². The fraction of sp³-hybridized carbons (Fsp3) is 0.238. The molecule has 134 valence electrons. The van der Waals surface area contributed by atoms with Gasteiger partial charge in [-0.15, -0.1) is 0 Å². The zero-order valence-electron chi connectivity index (χ0n) is 15.5. The van der Waals surface area contributed by atoms with Gasteiger partial charge >= 0.3 is 0 Å². The number of nitrogens with zero attached hydrogens (tertiary/aromatic N) is 2. The molecule has 3 aromatic rings. The number of benzene rings is 2. The van der Waals surface area contributed by atoms with Gasteiger partial charge in [0.25, 0.3) is 0 Å². The van der Waals surface area contributed by atoms with E-state index >= 15 is 0 Å². The molecule has 0 saturated heterocycles. The Morgan fingerprint density at radius 1 is 1.04 bits per heavy atom. The van der Waals surface area contributed by atoms with Gasteiger partial charge in [0.1, 0.15) is 5.82 Å². The minimum absolute atomic E-state index is 0.583. The lowest BCUT2D eigenvalue weighted by Crippen LogP contribution is -2.36. The van der Waals surface area contributed by atoms with Gasteiger partial charge in [-0.3, -0.25) is 4.99 Å². The maximum absolute atomic E-state index is 4.44. The first-order valence-electron chi connectivity index (χ1n) is 8.75. The molecule has 5 heteroatoms. The van der Waals surface area contributed by atoms with Gasteiger partial charge in [0.2, 0.25) is 0 Å². The number of hydrogen-bond acceptors (Lipinski definition) is 2. The number of aryl methyl sites for hydroxylation is 2. The van der Waals surface area contributed by atoms with Crippen molar-refractivity contribution >= 4 is 5.96 Å². The van der Waals surface area contributed by atoms with Gasteiger partial charge in [-0.2, -0.15) is 0 Å². The van der Waals surface area contributed by atoms with Crippen LogP contribution in [-0.2, 0) is 13.1 Å². The number of guanidine groups is 1. The van der Waals surface area contributed by atoms with Crippen molar-refractivity contribution in [2.24, 2.45) is 4.99 Å². The molecule has 0 aliphatic rings. The Labute approximate surface area is 154 Å². The molecule has 5 nitrogen and oxygen atoms in total. The van der Waals surface area contributed by atoms with Crippen LogP contribution in [0.15, 0.2) is 59.7 Å². The number of aliphatic imine (C=N–C) groups is 1. The Bertz CT molecular complexity index is 880. The quantitative estimate of drug-likeness (QED) is 0.488. The van der Waals surface area contributed by atoms with Gasteiger partial charge in [-0.1, -0.05) is 54.1 Å². The summed E-state index contributed by atoms with van der Waals surface area (Å²) in [6.07, 6.45) is 1.86. The summed E-state index contributed by atoms with van der Waals surface area (Å²) in [7, 11) is 1.77. The smallest absolute Gasteiger partial charge is 0.191 e. The fourth-order valence-corrected chi connectivity index (χ4v) is 2.83. The molecule has 0 saturated carbocycles. The maximum atomic E-state index is 4.44. The molecule has 0 atom stereocenters.